The van der Waals surface area contributed by atoms with Crippen molar-refractivity contribution in [2.24, 2.45) is 0 Å². The van der Waals surface area contributed by atoms with Gasteiger partial charge in [-0.1, -0.05) is 11.8 Å². The minimum absolute atomic E-state index is 0.307. The predicted molar refractivity (Wildman–Crippen MR) is 71.0 cm³/mol. The van der Waals surface area contributed by atoms with Crippen LogP contribution in [0.3, 0.4) is 0 Å². The Balaban J connectivity index is 2.27. The molecule has 0 saturated carbocycles. The molecule has 2 rings (SSSR count). The van der Waals surface area contributed by atoms with Gasteiger partial charge in [-0.3, -0.25) is 4.98 Å². The molecule has 90 valence electrons. The molecule has 0 aliphatic rings. The van der Waals surface area contributed by atoms with E-state index in [0.29, 0.717) is 4.88 Å². The van der Waals surface area contributed by atoms with Crippen molar-refractivity contribution < 1.29 is 9.90 Å². The number of thiophene rings is 1. The third-order valence-corrected chi connectivity index (χ3v) is 3.22. The quantitative estimate of drug-likeness (QED) is 0.799. The molecule has 0 bridgehead atoms. The van der Waals surface area contributed by atoms with Gasteiger partial charge in [-0.2, -0.15) is 0 Å². The summed E-state index contributed by atoms with van der Waals surface area (Å²) in [6.07, 6.45) is 0. The van der Waals surface area contributed by atoms with Crippen LogP contribution in [0, 0.1) is 25.7 Å². The Hall–Kier alpha value is -2.12. The fourth-order valence-electron chi connectivity index (χ4n) is 1.56. The van der Waals surface area contributed by atoms with E-state index in [-0.39, 0.29) is 0 Å². The molecule has 2 aromatic heterocycles. The van der Waals surface area contributed by atoms with E-state index in [9.17, 15) is 4.79 Å². The molecule has 0 radical (unpaired) electrons. The lowest BCUT2D eigenvalue weighted by Gasteiger charge is -1.96. The first-order valence-corrected chi connectivity index (χ1v) is 6.17. The van der Waals surface area contributed by atoms with Crippen LogP contribution < -0.4 is 0 Å². The zero-order valence-electron chi connectivity index (χ0n) is 10.0. The molecule has 0 aliphatic carbocycles. The van der Waals surface area contributed by atoms with Crippen molar-refractivity contribution in [3.63, 3.8) is 0 Å². The molecule has 3 nitrogen and oxygen atoms in total. The van der Waals surface area contributed by atoms with Crippen LogP contribution in [0.5, 0.6) is 0 Å². The first kappa shape index (κ1) is 12.3. The summed E-state index contributed by atoms with van der Waals surface area (Å²) in [5.74, 6) is 5.08. The van der Waals surface area contributed by atoms with Crippen LogP contribution in [0.1, 0.15) is 31.5 Å². The first-order chi connectivity index (χ1) is 8.54. The summed E-state index contributed by atoms with van der Waals surface area (Å²) in [4.78, 5) is 16.1. The Morgan fingerprint density at radius 1 is 1.22 bits per heavy atom. The van der Waals surface area contributed by atoms with Crippen LogP contribution in [0.25, 0.3) is 0 Å². The average molecular weight is 257 g/mol. The van der Waals surface area contributed by atoms with Gasteiger partial charge in [-0.05, 0) is 38.1 Å². The Morgan fingerprint density at radius 3 is 2.44 bits per heavy atom. The summed E-state index contributed by atoms with van der Waals surface area (Å²) in [6, 6.07) is 7.11. The molecule has 1 N–H and O–H groups in total. The molecule has 0 amide bonds. The number of carboxylic acids is 1. The van der Waals surface area contributed by atoms with Gasteiger partial charge in [0.15, 0.2) is 0 Å². The van der Waals surface area contributed by atoms with Crippen LogP contribution in [-0.4, -0.2) is 16.1 Å². The monoisotopic (exact) mass is 257 g/mol. The molecule has 18 heavy (non-hydrogen) atoms. The second kappa shape index (κ2) is 5.03. The highest BCUT2D eigenvalue weighted by molar-refractivity contribution is 7.14. The van der Waals surface area contributed by atoms with E-state index in [4.69, 9.17) is 5.11 Å². The summed E-state index contributed by atoms with van der Waals surface area (Å²) < 4.78 is 0. The van der Waals surface area contributed by atoms with Crippen molar-refractivity contribution in [3.8, 4) is 11.8 Å². The van der Waals surface area contributed by atoms with E-state index >= 15 is 0 Å². The lowest BCUT2D eigenvalue weighted by molar-refractivity contribution is 0.0702. The molecule has 4 heteroatoms. The summed E-state index contributed by atoms with van der Waals surface area (Å²) in [7, 11) is 0. The lowest BCUT2D eigenvalue weighted by Crippen LogP contribution is -1.89. The number of rotatable bonds is 1. The van der Waals surface area contributed by atoms with E-state index in [1.54, 1.807) is 12.1 Å². The number of aromatic carboxylic acids is 1. The van der Waals surface area contributed by atoms with E-state index < -0.39 is 5.97 Å². The molecular weight excluding hydrogens is 246 g/mol. The summed E-state index contributed by atoms with van der Waals surface area (Å²) in [5, 5.41) is 8.81. The highest BCUT2D eigenvalue weighted by atomic mass is 32.1. The standard InChI is InChI=1S/C14H11NO2S/c1-9-7-11(8-10(2)15-9)3-4-12-5-6-13(18-12)14(16)17/h5-8H,1-2H3,(H,16,17). The Morgan fingerprint density at radius 2 is 1.89 bits per heavy atom. The van der Waals surface area contributed by atoms with Crippen molar-refractivity contribution in [2.45, 2.75) is 13.8 Å². The average Bonchev–Trinajstić information content (AvgIpc) is 2.73. The first-order valence-electron chi connectivity index (χ1n) is 5.35. The Bertz CT molecular complexity index is 642. The Labute approximate surface area is 109 Å². The van der Waals surface area contributed by atoms with Gasteiger partial charge in [0.05, 0.1) is 4.88 Å². The minimum Gasteiger partial charge on any atom is -0.477 e. The SMILES string of the molecule is Cc1cc(C#Cc2ccc(C(=O)O)s2)cc(C)n1. The van der Waals surface area contributed by atoms with Gasteiger partial charge in [0.2, 0.25) is 0 Å². The minimum atomic E-state index is -0.913. The maximum Gasteiger partial charge on any atom is 0.345 e. The number of aryl methyl sites for hydroxylation is 2. The zero-order chi connectivity index (χ0) is 13.1. The number of carbonyl (C=O) groups is 1. The van der Waals surface area contributed by atoms with Gasteiger partial charge in [-0.15, -0.1) is 11.3 Å². The van der Waals surface area contributed by atoms with Crippen LogP contribution in [0.15, 0.2) is 24.3 Å². The zero-order valence-corrected chi connectivity index (χ0v) is 10.8. The molecule has 2 aromatic rings. The van der Waals surface area contributed by atoms with Gasteiger partial charge in [0.1, 0.15) is 4.88 Å². The summed E-state index contributed by atoms with van der Waals surface area (Å²) in [5.41, 5.74) is 2.75. The third-order valence-electron chi connectivity index (χ3n) is 2.23. The highest BCUT2D eigenvalue weighted by Gasteiger charge is 2.04. The molecule has 0 saturated heterocycles. The molecule has 0 aliphatic heterocycles. The number of carboxylic acid groups (broad SMARTS) is 1. The third kappa shape index (κ3) is 2.96. The summed E-state index contributed by atoms with van der Waals surface area (Å²) in [6.45, 7) is 3.84. The number of pyridine rings is 1. The molecule has 0 atom stereocenters. The maximum atomic E-state index is 10.7. The second-order valence-electron chi connectivity index (χ2n) is 3.86. The topological polar surface area (TPSA) is 50.2 Å². The summed E-state index contributed by atoms with van der Waals surface area (Å²) >= 11 is 1.18. The number of aromatic nitrogens is 1. The largest absolute Gasteiger partial charge is 0.477 e. The molecule has 2 heterocycles. The normalized spacial score (nSPS) is 9.67. The number of hydrogen-bond donors (Lipinski definition) is 1. The van der Waals surface area contributed by atoms with E-state index in [1.165, 1.54) is 11.3 Å². The van der Waals surface area contributed by atoms with Gasteiger partial charge < -0.3 is 5.11 Å². The van der Waals surface area contributed by atoms with Gasteiger partial charge in [-0.25, -0.2) is 4.79 Å². The van der Waals surface area contributed by atoms with E-state index in [1.807, 2.05) is 26.0 Å². The van der Waals surface area contributed by atoms with Gasteiger partial charge in [0.25, 0.3) is 0 Å². The molecule has 0 aromatic carbocycles. The van der Waals surface area contributed by atoms with Gasteiger partial charge in [0, 0.05) is 17.0 Å². The van der Waals surface area contributed by atoms with E-state index in [0.717, 1.165) is 21.8 Å². The van der Waals surface area contributed by atoms with Crippen molar-refractivity contribution in [2.75, 3.05) is 0 Å². The second-order valence-corrected chi connectivity index (χ2v) is 4.94. The lowest BCUT2D eigenvalue weighted by atomic mass is 10.2. The number of hydrogen-bond acceptors (Lipinski definition) is 3. The smallest absolute Gasteiger partial charge is 0.345 e. The van der Waals surface area contributed by atoms with Crippen molar-refractivity contribution >= 4 is 17.3 Å². The van der Waals surface area contributed by atoms with Crippen LogP contribution in [0.2, 0.25) is 0 Å². The van der Waals surface area contributed by atoms with E-state index in [2.05, 4.69) is 16.8 Å². The number of nitrogens with zero attached hydrogens (tertiary/aromatic N) is 1. The fraction of sp³-hybridized carbons (Fsp3) is 0.143. The molecule has 0 unspecified atom stereocenters. The molecule has 0 spiro atoms. The van der Waals surface area contributed by atoms with Crippen LogP contribution in [-0.2, 0) is 0 Å². The van der Waals surface area contributed by atoms with Crippen molar-refractivity contribution in [1.82, 2.24) is 4.98 Å². The van der Waals surface area contributed by atoms with Crippen molar-refractivity contribution in [1.29, 1.82) is 0 Å². The predicted octanol–water partition coefficient (Wildman–Crippen LogP) is 2.86. The highest BCUT2D eigenvalue weighted by Crippen LogP contribution is 2.15. The fourth-order valence-corrected chi connectivity index (χ4v) is 2.26. The van der Waals surface area contributed by atoms with Crippen LogP contribution >= 0.6 is 11.3 Å². The molecular formula is C14H11NO2S. The van der Waals surface area contributed by atoms with Crippen molar-refractivity contribution in [3.05, 3.63) is 51.0 Å². The maximum absolute atomic E-state index is 10.7. The van der Waals surface area contributed by atoms with Gasteiger partial charge >= 0.3 is 5.97 Å². The van der Waals surface area contributed by atoms with Crippen LogP contribution in [0.4, 0.5) is 0 Å². The molecule has 0 fully saturated rings. The Kier molecular flexibility index (Phi) is 3.45.